The van der Waals surface area contributed by atoms with E-state index in [1.165, 1.54) is 12.0 Å². The average molecular weight is 373 g/mol. The lowest BCUT2D eigenvalue weighted by Crippen LogP contribution is -2.53. The summed E-state index contributed by atoms with van der Waals surface area (Å²) in [7, 11) is 0. The van der Waals surface area contributed by atoms with E-state index >= 15 is 0 Å². The molecule has 1 spiro atoms. The van der Waals surface area contributed by atoms with Crippen molar-refractivity contribution >= 4 is 5.71 Å². The molecule has 1 aliphatic heterocycles. The first-order chi connectivity index (χ1) is 13.0. The molecule has 3 fully saturated rings. The Morgan fingerprint density at radius 2 is 2.07 bits per heavy atom. The van der Waals surface area contributed by atoms with Gasteiger partial charge in [-0.2, -0.15) is 0 Å². The van der Waals surface area contributed by atoms with Gasteiger partial charge in [-0.05, 0) is 80.8 Å². The van der Waals surface area contributed by atoms with Gasteiger partial charge in [0, 0.05) is 17.9 Å². The lowest BCUT2D eigenvalue weighted by molar-refractivity contribution is -0.182. The van der Waals surface area contributed by atoms with Crippen LogP contribution >= 0.6 is 0 Å². The van der Waals surface area contributed by atoms with Crippen molar-refractivity contribution in [1.82, 2.24) is 0 Å². The Balaban J connectivity index is 1.48. The number of nitrogens with zero attached hydrogens (tertiary/aromatic N) is 1. The Morgan fingerprint density at radius 1 is 1.22 bits per heavy atom. The molecule has 4 unspecified atom stereocenters. The van der Waals surface area contributed by atoms with Crippen LogP contribution < -0.4 is 0 Å². The number of rotatable bonds is 1. The molecule has 0 saturated heterocycles. The van der Waals surface area contributed by atoms with E-state index in [-0.39, 0.29) is 23.5 Å². The largest absolute Gasteiger partial charge is 0.411 e. The van der Waals surface area contributed by atoms with Crippen molar-refractivity contribution < 1.29 is 20.2 Å². The van der Waals surface area contributed by atoms with Gasteiger partial charge in [0.05, 0.1) is 11.3 Å². The fourth-order valence-corrected chi connectivity index (χ4v) is 7.64. The molecule has 0 radical (unpaired) electrons. The van der Waals surface area contributed by atoms with Gasteiger partial charge in [-0.15, -0.1) is 0 Å². The first-order valence-corrected chi connectivity index (χ1v) is 10.6. The maximum atomic E-state index is 10.1. The first kappa shape index (κ1) is 17.9. The molecule has 8 atom stereocenters. The second kappa shape index (κ2) is 6.16. The van der Waals surface area contributed by atoms with Crippen molar-refractivity contribution in [3.8, 4) is 0 Å². The van der Waals surface area contributed by atoms with E-state index in [2.05, 4.69) is 24.2 Å². The number of ether oxygens (including phenoxy) is 1. The highest BCUT2D eigenvalue weighted by atomic mass is 16.6. The Morgan fingerprint density at radius 3 is 2.78 bits per heavy atom. The molecule has 148 valence electrons. The van der Waals surface area contributed by atoms with E-state index in [4.69, 9.17) is 4.74 Å². The highest BCUT2D eigenvalue weighted by molar-refractivity contribution is 5.96. The van der Waals surface area contributed by atoms with Crippen molar-refractivity contribution in [3.05, 3.63) is 23.8 Å². The number of aliphatic hydroxyl groups is 2. The number of fused-ring (bicyclic) bond motifs is 6. The number of hydrogen-bond acceptors (Lipinski definition) is 5. The van der Waals surface area contributed by atoms with Crippen LogP contribution in [0.2, 0.25) is 0 Å². The predicted octanol–water partition coefficient (Wildman–Crippen LogP) is 3.25. The third-order valence-electron chi connectivity index (χ3n) is 8.90. The molecule has 27 heavy (non-hydrogen) atoms. The maximum Gasteiger partial charge on any atom is 0.175 e. The molecule has 5 nitrogen and oxygen atoms in total. The fourth-order valence-electron chi connectivity index (χ4n) is 7.64. The molecular weight excluding hydrogens is 342 g/mol. The zero-order valence-corrected chi connectivity index (χ0v) is 16.1. The monoisotopic (exact) mass is 373 g/mol. The molecule has 3 saturated carbocycles. The molecular formula is C22H31NO4. The van der Waals surface area contributed by atoms with Crippen LogP contribution in [0, 0.1) is 35.0 Å². The van der Waals surface area contributed by atoms with Crippen molar-refractivity contribution in [3.63, 3.8) is 0 Å². The minimum Gasteiger partial charge on any atom is -0.411 e. The van der Waals surface area contributed by atoms with Crippen LogP contribution in [0.25, 0.3) is 0 Å². The third-order valence-corrected chi connectivity index (χ3v) is 8.90. The van der Waals surface area contributed by atoms with Crippen LogP contribution in [0.4, 0.5) is 0 Å². The van der Waals surface area contributed by atoms with Gasteiger partial charge in [0.25, 0.3) is 0 Å². The van der Waals surface area contributed by atoms with Gasteiger partial charge in [-0.1, -0.05) is 23.7 Å². The summed E-state index contributed by atoms with van der Waals surface area (Å²) in [6.07, 6.45) is 12.6. The summed E-state index contributed by atoms with van der Waals surface area (Å²) in [6, 6.07) is 0. The van der Waals surface area contributed by atoms with Crippen molar-refractivity contribution in [2.45, 2.75) is 63.8 Å². The topological polar surface area (TPSA) is 82.3 Å². The Bertz CT molecular complexity index is 715. The molecule has 0 aromatic carbocycles. The highest BCUT2D eigenvalue weighted by Crippen LogP contribution is 2.67. The van der Waals surface area contributed by atoms with Crippen molar-refractivity contribution in [2.75, 3.05) is 6.61 Å². The second-order valence-corrected chi connectivity index (χ2v) is 9.68. The summed E-state index contributed by atoms with van der Waals surface area (Å²) < 4.78 is 6.09. The van der Waals surface area contributed by atoms with Crippen LogP contribution in [0.1, 0.15) is 51.9 Å². The lowest BCUT2D eigenvalue weighted by atomic mass is 9.49. The minimum atomic E-state index is -0.765. The second-order valence-electron chi connectivity index (χ2n) is 9.68. The van der Waals surface area contributed by atoms with Crippen molar-refractivity contribution in [1.29, 1.82) is 0 Å². The smallest absolute Gasteiger partial charge is 0.175 e. The lowest BCUT2D eigenvalue weighted by Gasteiger charge is -2.57. The highest BCUT2D eigenvalue weighted by Gasteiger charge is 2.64. The molecule has 1 heterocycles. The standard InChI is InChI=1S/C22H31NO4/c1-21-7-4-16-15-3-2-14(23-26)11-17(15)13(12-24)10-18(16)19(21)5-8-22(21)9-6-20(25)27-22/h6,9,11,13,15-16,18-20,24-26H,2-5,7-8,10,12H2,1H3/b23-14+/t13-,15-,16?,18?,19?,20?,21+,22-/m1/s1. The summed E-state index contributed by atoms with van der Waals surface area (Å²) in [5, 5.41) is 32.8. The predicted molar refractivity (Wildman–Crippen MR) is 101 cm³/mol. The summed E-state index contributed by atoms with van der Waals surface area (Å²) in [5.41, 5.74) is 1.84. The van der Waals surface area contributed by atoms with Gasteiger partial charge < -0.3 is 20.2 Å². The SMILES string of the molecule is C[C@]12CCC3C(C[C@H](CO)C4=C/C(=N/O)CC[C@@H]43)C1CC[C@@]21C=CC(O)O1. The Hall–Kier alpha value is -1.17. The number of oxime groups is 1. The van der Waals surface area contributed by atoms with Crippen LogP contribution in [-0.4, -0.2) is 39.6 Å². The van der Waals surface area contributed by atoms with Crippen LogP contribution in [0.5, 0.6) is 0 Å². The molecule has 0 aromatic heterocycles. The summed E-state index contributed by atoms with van der Waals surface area (Å²) in [5.74, 6) is 2.53. The molecule has 4 aliphatic carbocycles. The van der Waals surface area contributed by atoms with E-state index in [9.17, 15) is 15.4 Å². The number of hydrogen-bond donors (Lipinski definition) is 3. The molecule has 3 N–H and O–H groups in total. The van der Waals surface area contributed by atoms with Crippen LogP contribution in [-0.2, 0) is 4.74 Å². The Kier molecular flexibility index (Phi) is 4.09. The third kappa shape index (κ3) is 2.37. The van der Waals surface area contributed by atoms with Crippen molar-refractivity contribution in [2.24, 2.45) is 40.2 Å². The molecule has 0 bridgehead atoms. The first-order valence-electron chi connectivity index (χ1n) is 10.6. The molecule has 0 aromatic rings. The molecule has 5 heteroatoms. The molecule has 5 rings (SSSR count). The average Bonchev–Trinajstić information content (AvgIpc) is 3.21. The fraction of sp³-hybridized carbons (Fsp3) is 0.773. The van der Waals surface area contributed by atoms with Crippen LogP contribution in [0.15, 0.2) is 29.0 Å². The van der Waals surface area contributed by atoms with E-state index < -0.39 is 6.29 Å². The van der Waals surface area contributed by atoms with Crippen LogP contribution in [0.3, 0.4) is 0 Å². The van der Waals surface area contributed by atoms with Gasteiger partial charge >= 0.3 is 0 Å². The van der Waals surface area contributed by atoms with E-state index in [1.807, 2.05) is 6.08 Å². The van der Waals surface area contributed by atoms with Gasteiger partial charge in [0.1, 0.15) is 0 Å². The zero-order valence-electron chi connectivity index (χ0n) is 16.1. The van der Waals surface area contributed by atoms with Gasteiger partial charge in [0.2, 0.25) is 0 Å². The number of aliphatic hydroxyl groups excluding tert-OH is 2. The van der Waals surface area contributed by atoms with E-state index in [0.29, 0.717) is 23.7 Å². The van der Waals surface area contributed by atoms with E-state index in [0.717, 1.165) is 44.2 Å². The molecule has 0 amide bonds. The summed E-state index contributed by atoms with van der Waals surface area (Å²) in [4.78, 5) is 0. The van der Waals surface area contributed by atoms with E-state index in [1.54, 1.807) is 0 Å². The quantitative estimate of drug-likeness (QED) is 0.374. The van der Waals surface area contributed by atoms with Gasteiger partial charge in [0.15, 0.2) is 6.29 Å². The maximum absolute atomic E-state index is 10.1. The Labute approximate surface area is 160 Å². The minimum absolute atomic E-state index is 0.0652. The van der Waals surface area contributed by atoms with Gasteiger partial charge in [-0.3, -0.25) is 0 Å². The normalized spacial score (nSPS) is 52.6. The summed E-state index contributed by atoms with van der Waals surface area (Å²) in [6.45, 7) is 2.55. The van der Waals surface area contributed by atoms with Gasteiger partial charge in [-0.25, -0.2) is 0 Å². The number of allylic oxidation sites excluding steroid dienone is 1. The molecule has 5 aliphatic rings. The summed E-state index contributed by atoms with van der Waals surface area (Å²) >= 11 is 0. The zero-order chi connectivity index (χ0) is 18.8.